The fourth-order valence-electron chi connectivity index (χ4n) is 3.26. The quantitative estimate of drug-likeness (QED) is 0.650. The Balaban J connectivity index is 0.00000261. The Bertz CT molecular complexity index is 902. The van der Waals surface area contributed by atoms with Crippen molar-refractivity contribution in [3.05, 3.63) is 62.6 Å². The fraction of sp³-hybridized carbons (Fsp3) is 0.263. The van der Waals surface area contributed by atoms with Gasteiger partial charge in [-0.15, -0.1) is 0 Å². The van der Waals surface area contributed by atoms with Crippen LogP contribution in [-0.4, -0.2) is 18.4 Å². The summed E-state index contributed by atoms with van der Waals surface area (Å²) in [4.78, 5) is 23.7. The van der Waals surface area contributed by atoms with Crippen molar-refractivity contribution < 1.29 is 49.0 Å². The fourth-order valence-corrected chi connectivity index (χ4v) is 3.76. The molecule has 1 aliphatic rings. The molecule has 136 valence electrons. The zero-order valence-electron chi connectivity index (χ0n) is 15.0. The first-order valence-electron chi connectivity index (χ1n) is 7.95. The molecule has 0 aliphatic heterocycles. The van der Waals surface area contributed by atoms with E-state index in [1.807, 2.05) is 31.2 Å². The number of nitrogens with two attached hydrogens (primary N) is 1. The second-order valence-electron chi connectivity index (χ2n) is 6.44. The summed E-state index contributed by atoms with van der Waals surface area (Å²) in [6, 6.07) is 9.12. The monoisotopic (exact) mass is 415 g/mol. The molecule has 2 N–H and O–H groups in total. The number of aliphatic carboxylic acids is 1. The number of carbonyl (C=O) groups is 2. The third-order valence-electron chi connectivity index (χ3n) is 4.70. The Morgan fingerprint density at radius 1 is 1.26 bits per heavy atom. The Kier molecular flexibility index (Phi) is 7.01. The maximum atomic E-state index is 13.1. The number of rotatable bonds is 5. The van der Waals surface area contributed by atoms with Crippen molar-refractivity contribution in [1.82, 2.24) is 0 Å². The predicted molar refractivity (Wildman–Crippen MR) is 96.7 cm³/mol. The Morgan fingerprint density at radius 2 is 1.89 bits per heavy atom. The Morgan fingerprint density at radius 3 is 2.44 bits per heavy atom. The molecule has 1 atom stereocenters. The summed E-state index contributed by atoms with van der Waals surface area (Å²) < 4.78 is 5.14. The van der Waals surface area contributed by atoms with Crippen LogP contribution in [0.15, 0.2) is 30.3 Å². The number of hydrogen-bond acceptors (Lipinski definition) is 5. The van der Waals surface area contributed by atoms with E-state index in [4.69, 9.17) is 33.7 Å². The van der Waals surface area contributed by atoms with Crippen LogP contribution in [0.5, 0.6) is 5.75 Å². The number of carboxylic acid groups (broad SMARTS) is 1. The first kappa shape index (κ1) is 22.2. The summed E-state index contributed by atoms with van der Waals surface area (Å²) in [5, 5.41) is 10.7. The summed E-state index contributed by atoms with van der Waals surface area (Å²) in [5.41, 5.74) is 7.67. The van der Waals surface area contributed by atoms with Gasteiger partial charge in [0.05, 0.1) is 16.4 Å². The van der Waals surface area contributed by atoms with Crippen molar-refractivity contribution in [3.8, 4) is 5.75 Å². The van der Waals surface area contributed by atoms with Gasteiger partial charge in [-0.2, -0.15) is 0 Å². The summed E-state index contributed by atoms with van der Waals surface area (Å²) >= 11 is 12.5. The summed E-state index contributed by atoms with van der Waals surface area (Å²) in [7, 11) is 0. The van der Waals surface area contributed by atoms with Crippen LogP contribution in [0, 0.1) is 0 Å². The molecule has 0 heterocycles. The number of Topliss-reactive ketones (excluding diaryl/α,β-unsaturated/α-hetero) is 1. The van der Waals surface area contributed by atoms with Crippen LogP contribution in [0.3, 0.4) is 0 Å². The SMILES string of the molecule is CC1(c2ccc(CN)cc2)Cc2cc(OCC(=O)[O-])c(Cl)c(Cl)c2C1=O.[Na+]. The first-order chi connectivity index (χ1) is 12.3. The summed E-state index contributed by atoms with van der Waals surface area (Å²) in [6.45, 7) is 1.62. The number of ketones is 1. The number of benzene rings is 2. The zero-order valence-corrected chi connectivity index (χ0v) is 18.5. The largest absolute Gasteiger partial charge is 1.00 e. The van der Waals surface area contributed by atoms with E-state index in [-0.39, 0.29) is 51.1 Å². The van der Waals surface area contributed by atoms with E-state index in [0.29, 0.717) is 24.1 Å². The average Bonchev–Trinajstić information content (AvgIpc) is 2.88. The Hall–Kier alpha value is -1.08. The minimum absolute atomic E-state index is 0. The van der Waals surface area contributed by atoms with Gasteiger partial charge < -0.3 is 20.4 Å². The van der Waals surface area contributed by atoms with Crippen LogP contribution in [-0.2, 0) is 23.2 Å². The van der Waals surface area contributed by atoms with E-state index in [1.54, 1.807) is 6.07 Å². The molecule has 2 aromatic carbocycles. The third kappa shape index (κ3) is 4.04. The molecule has 1 unspecified atom stereocenters. The van der Waals surface area contributed by atoms with Crippen molar-refractivity contribution in [1.29, 1.82) is 0 Å². The van der Waals surface area contributed by atoms with E-state index in [0.717, 1.165) is 11.1 Å². The minimum Gasteiger partial charge on any atom is -0.546 e. The van der Waals surface area contributed by atoms with Gasteiger partial charge in [0.1, 0.15) is 17.4 Å². The van der Waals surface area contributed by atoms with Crippen LogP contribution >= 0.6 is 23.2 Å². The van der Waals surface area contributed by atoms with Crippen molar-refractivity contribution in [2.24, 2.45) is 5.73 Å². The van der Waals surface area contributed by atoms with Crippen LogP contribution in [0.4, 0.5) is 0 Å². The smallest absolute Gasteiger partial charge is 0.546 e. The molecular weight excluding hydrogens is 400 g/mol. The van der Waals surface area contributed by atoms with Gasteiger partial charge in [-0.1, -0.05) is 47.5 Å². The molecule has 3 rings (SSSR count). The number of carboxylic acids is 1. The van der Waals surface area contributed by atoms with Crippen molar-refractivity contribution in [3.63, 3.8) is 0 Å². The van der Waals surface area contributed by atoms with Crippen LogP contribution in [0.2, 0.25) is 10.0 Å². The predicted octanol–water partition coefficient (Wildman–Crippen LogP) is -0.718. The molecule has 0 spiro atoms. The normalized spacial score (nSPS) is 18.0. The Labute approximate surface area is 189 Å². The molecule has 8 heteroatoms. The maximum Gasteiger partial charge on any atom is 1.00 e. The number of hydrogen-bond donors (Lipinski definition) is 1. The van der Waals surface area contributed by atoms with Crippen molar-refractivity contribution in [2.45, 2.75) is 25.3 Å². The molecule has 1 aliphatic carbocycles. The van der Waals surface area contributed by atoms with E-state index < -0.39 is 18.0 Å². The molecule has 2 aromatic rings. The molecule has 0 aromatic heterocycles. The van der Waals surface area contributed by atoms with Gasteiger partial charge >= 0.3 is 29.6 Å². The molecule has 0 fully saturated rings. The zero-order chi connectivity index (χ0) is 19.1. The summed E-state index contributed by atoms with van der Waals surface area (Å²) in [5.74, 6) is -1.39. The summed E-state index contributed by atoms with van der Waals surface area (Å²) in [6.07, 6.45) is 0.404. The first-order valence-corrected chi connectivity index (χ1v) is 8.71. The minimum atomic E-state index is -1.38. The van der Waals surface area contributed by atoms with Crippen LogP contribution < -0.4 is 45.1 Å². The van der Waals surface area contributed by atoms with E-state index in [1.165, 1.54) is 0 Å². The molecule has 0 radical (unpaired) electrons. The van der Waals surface area contributed by atoms with Crippen LogP contribution in [0.1, 0.15) is 34.0 Å². The molecular formula is C19H16Cl2NNaO4. The maximum absolute atomic E-state index is 13.1. The number of ether oxygens (including phenoxy) is 1. The van der Waals surface area contributed by atoms with E-state index in [2.05, 4.69) is 0 Å². The van der Waals surface area contributed by atoms with Gasteiger partial charge in [-0.05, 0) is 36.1 Å². The van der Waals surface area contributed by atoms with Gasteiger partial charge in [0.2, 0.25) is 0 Å². The molecule has 27 heavy (non-hydrogen) atoms. The van der Waals surface area contributed by atoms with E-state index in [9.17, 15) is 14.7 Å². The third-order valence-corrected chi connectivity index (χ3v) is 5.55. The van der Waals surface area contributed by atoms with E-state index >= 15 is 0 Å². The molecule has 5 nitrogen and oxygen atoms in total. The number of halogens is 2. The second kappa shape index (κ2) is 8.52. The molecule has 0 amide bonds. The number of fused-ring (bicyclic) bond motifs is 1. The van der Waals surface area contributed by atoms with Crippen molar-refractivity contribution >= 4 is 35.0 Å². The van der Waals surface area contributed by atoms with Gasteiger partial charge in [0, 0.05) is 12.1 Å². The van der Waals surface area contributed by atoms with Gasteiger partial charge in [-0.25, -0.2) is 0 Å². The molecule has 0 saturated carbocycles. The van der Waals surface area contributed by atoms with Crippen LogP contribution in [0.25, 0.3) is 0 Å². The van der Waals surface area contributed by atoms with Gasteiger partial charge in [0.15, 0.2) is 5.78 Å². The van der Waals surface area contributed by atoms with Crippen molar-refractivity contribution in [2.75, 3.05) is 6.61 Å². The standard InChI is InChI=1S/C19H17Cl2NO4.Na/c1-19(12-4-2-10(8-22)3-5-12)7-11-6-13(26-9-14(23)24)16(20)17(21)15(11)18(19)25;/h2-6H,7-9,22H2,1H3,(H,23,24);/q;+1/p-1. The van der Waals surface area contributed by atoms with Gasteiger partial charge in [0.25, 0.3) is 0 Å². The average molecular weight is 416 g/mol. The molecule has 0 saturated heterocycles. The second-order valence-corrected chi connectivity index (χ2v) is 7.19. The number of carbonyl (C=O) groups excluding carboxylic acids is 2. The van der Waals surface area contributed by atoms with Gasteiger partial charge in [-0.3, -0.25) is 4.79 Å². The topological polar surface area (TPSA) is 92.4 Å². The molecule has 0 bridgehead atoms.